The Balaban J connectivity index is 2.51. The fraction of sp³-hybridized carbons (Fsp3) is 0.250. The summed E-state index contributed by atoms with van der Waals surface area (Å²) in [6.45, 7) is 2.88. The maximum Gasteiger partial charge on any atom is 0.125 e. The standard InChI is InChI=1S/C16H17Cl2NO/c1-3-19-16(12-6-4-5-7-14(12)18)13-9-8-11(17)10-15(13)20-2/h4-10,16,19H,3H2,1-2H3. The maximum atomic E-state index is 6.32. The fourth-order valence-corrected chi connectivity index (χ4v) is 2.63. The van der Waals surface area contributed by atoms with Crippen LogP contribution in [0.15, 0.2) is 42.5 Å². The maximum absolute atomic E-state index is 6.32. The Morgan fingerprint density at radius 1 is 1.10 bits per heavy atom. The monoisotopic (exact) mass is 309 g/mol. The second kappa shape index (κ2) is 6.98. The van der Waals surface area contributed by atoms with Gasteiger partial charge in [-0.15, -0.1) is 0 Å². The quantitative estimate of drug-likeness (QED) is 0.864. The van der Waals surface area contributed by atoms with Crippen LogP contribution in [0.5, 0.6) is 5.75 Å². The minimum Gasteiger partial charge on any atom is -0.496 e. The summed E-state index contributed by atoms with van der Waals surface area (Å²) < 4.78 is 5.45. The molecule has 106 valence electrons. The number of hydrogen-bond acceptors (Lipinski definition) is 2. The van der Waals surface area contributed by atoms with E-state index in [0.717, 1.165) is 28.4 Å². The van der Waals surface area contributed by atoms with Crippen LogP contribution in [0.1, 0.15) is 24.1 Å². The smallest absolute Gasteiger partial charge is 0.125 e. The predicted octanol–water partition coefficient (Wildman–Crippen LogP) is 4.70. The van der Waals surface area contributed by atoms with E-state index in [-0.39, 0.29) is 6.04 Å². The highest BCUT2D eigenvalue weighted by molar-refractivity contribution is 6.31. The summed E-state index contributed by atoms with van der Waals surface area (Å²) in [5.41, 5.74) is 2.04. The Bertz CT molecular complexity index is 586. The first-order valence-corrected chi connectivity index (χ1v) is 7.24. The van der Waals surface area contributed by atoms with Gasteiger partial charge in [0, 0.05) is 15.6 Å². The molecule has 2 rings (SSSR count). The molecule has 1 unspecified atom stereocenters. The summed E-state index contributed by atoms with van der Waals surface area (Å²) in [5.74, 6) is 0.753. The van der Waals surface area contributed by atoms with Gasteiger partial charge in [-0.05, 0) is 30.3 Å². The molecule has 2 nitrogen and oxygen atoms in total. The van der Waals surface area contributed by atoms with Crippen LogP contribution in [0.25, 0.3) is 0 Å². The molecule has 0 spiro atoms. The fourth-order valence-electron chi connectivity index (χ4n) is 2.22. The molecule has 0 aliphatic carbocycles. The van der Waals surface area contributed by atoms with Gasteiger partial charge in [-0.25, -0.2) is 0 Å². The zero-order chi connectivity index (χ0) is 14.5. The molecule has 0 aromatic heterocycles. The second-order valence-corrected chi connectivity index (χ2v) is 5.24. The first kappa shape index (κ1) is 15.2. The molecule has 0 heterocycles. The van der Waals surface area contributed by atoms with E-state index in [4.69, 9.17) is 27.9 Å². The van der Waals surface area contributed by atoms with Crippen LogP contribution in [-0.4, -0.2) is 13.7 Å². The van der Waals surface area contributed by atoms with E-state index in [0.29, 0.717) is 5.02 Å². The molecule has 1 atom stereocenters. The van der Waals surface area contributed by atoms with Crippen LogP contribution in [0.4, 0.5) is 0 Å². The Morgan fingerprint density at radius 2 is 1.85 bits per heavy atom. The van der Waals surface area contributed by atoms with Crippen molar-refractivity contribution in [2.45, 2.75) is 13.0 Å². The van der Waals surface area contributed by atoms with Gasteiger partial charge in [-0.1, -0.05) is 54.4 Å². The van der Waals surface area contributed by atoms with Gasteiger partial charge in [-0.3, -0.25) is 0 Å². The number of methoxy groups -OCH3 is 1. The van der Waals surface area contributed by atoms with Crippen molar-refractivity contribution in [2.24, 2.45) is 0 Å². The van der Waals surface area contributed by atoms with Crippen LogP contribution in [0.3, 0.4) is 0 Å². The predicted molar refractivity (Wildman–Crippen MR) is 85.0 cm³/mol. The highest BCUT2D eigenvalue weighted by atomic mass is 35.5. The molecular formula is C16H17Cl2NO. The summed E-state index contributed by atoms with van der Waals surface area (Å²) >= 11 is 12.4. The molecule has 0 aliphatic heterocycles. The highest BCUT2D eigenvalue weighted by Gasteiger charge is 2.19. The number of halogens is 2. The van der Waals surface area contributed by atoms with Crippen molar-refractivity contribution < 1.29 is 4.74 Å². The van der Waals surface area contributed by atoms with E-state index in [2.05, 4.69) is 12.2 Å². The third-order valence-electron chi connectivity index (χ3n) is 3.13. The Hall–Kier alpha value is -1.22. The van der Waals surface area contributed by atoms with E-state index in [1.165, 1.54) is 0 Å². The molecule has 0 saturated carbocycles. The van der Waals surface area contributed by atoms with Gasteiger partial charge < -0.3 is 10.1 Å². The molecule has 4 heteroatoms. The summed E-state index contributed by atoms with van der Waals surface area (Å²) in [6, 6.07) is 13.4. The van der Waals surface area contributed by atoms with E-state index in [1.807, 2.05) is 42.5 Å². The average Bonchev–Trinajstić information content (AvgIpc) is 2.46. The van der Waals surface area contributed by atoms with Gasteiger partial charge in [0.05, 0.1) is 13.2 Å². The molecule has 2 aromatic rings. The molecule has 2 aromatic carbocycles. The van der Waals surface area contributed by atoms with E-state index in [1.54, 1.807) is 7.11 Å². The van der Waals surface area contributed by atoms with Crippen molar-refractivity contribution in [2.75, 3.05) is 13.7 Å². The topological polar surface area (TPSA) is 21.3 Å². The van der Waals surface area contributed by atoms with Crippen molar-refractivity contribution in [3.63, 3.8) is 0 Å². The molecule has 0 saturated heterocycles. The first-order valence-electron chi connectivity index (χ1n) is 6.48. The third-order valence-corrected chi connectivity index (χ3v) is 3.71. The molecule has 20 heavy (non-hydrogen) atoms. The van der Waals surface area contributed by atoms with Gasteiger partial charge in [0.2, 0.25) is 0 Å². The van der Waals surface area contributed by atoms with Gasteiger partial charge in [0.25, 0.3) is 0 Å². The summed E-state index contributed by atoms with van der Waals surface area (Å²) in [5, 5.41) is 4.83. The van der Waals surface area contributed by atoms with Crippen LogP contribution < -0.4 is 10.1 Å². The average molecular weight is 310 g/mol. The van der Waals surface area contributed by atoms with Crippen LogP contribution >= 0.6 is 23.2 Å². The number of nitrogens with one attached hydrogen (secondary N) is 1. The van der Waals surface area contributed by atoms with Crippen LogP contribution in [0.2, 0.25) is 10.0 Å². The zero-order valence-corrected chi connectivity index (χ0v) is 13.0. The van der Waals surface area contributed by atoms with Crippen molar-refractivity contribution in [3.8, 4) is 5.75 Å². The Labute approximate surface area is 129 Å². The van der Waals surface area contributed by atoms with Crippen molar-refractivity contribution in [3.05, 3.63) is 63.6 Å². The number of benzene rings is 2. The molecular weight excluding hydrogens is 293 g/mol. The molecule has 0 radical (unpaired) electrons. The van der Waals surface area contributed by atoms with E-state index >= 15 is 0 Å². The van der Waals surface area contributed by atoms with Crippen LogP contribution in [-0.2, 0) is 0 Å². The van der Waals surface area contributed by atoms with Gasteiger partial charge >= 0.3 is 0 Å². The lowest BCUT2D eigenvalue weighted by Crippen LogP contribution is -2.22. The lowest BCUT2D eigenvalue weighted by molar-refractivity contribution is 0.404. The molecule has 0 amide bonds. The Kier molecular flexibility index (Phi) is 5.30. The van der Waals surface area contributed by atoms with Gasteiger partial charge in [0.1, 0.15) is 5.75 Å². The van der Waals surface area contributed by atoms with Gasteiger partial charge in [0.15, 0.2) is 0 Å². The Morgan fingerprint density at radius 3 is 2.50 bits per heavy atom. The zero-order valence-electron chi connectivity index (χ0n) is 11.5. The van der Waals surface area contributed by atoms with E-state index in [9.17, 15) is 0 Å². The number of ether oxygens (including phenoxy) is 1. The molecule has 1 N–H and O–H groups in total. The second-order valence-electron chi connectivity index (χ2n) is 4.40. The number of rotatable bonds is 5. The summed E-state index contributed by atoms with van der Waals surface area (Å²) in [4.78, 5) is 0. The van der Waals surface area contributed by atoms with Crippen molar-refractivity contribution in [1.29, 1.82) is 0 Å². The molecule has 0 aliphatic rings. The first-order chi connectivity index (χ1) is 9.67. The molecule has 0 fully saturated rings. The third kappa shape index (κ3) is 3.26. The lowest BCUT2D eigenvalue weighted by atomic mass is 9.97. The largest absolute Gasteiger partial charge is 0.496 e. The molecule has 0 bridgehead atoms. The normalized spacial score (nSPS) is 12.2. The van der Waals surface area contributed by atoms with E-state index < -0.39 is 0 Å². The van der Waals surface area contributed by atoms with Crippen molar-refractivity contribution >= 4 is 23.2 Å². The van der Waals surface area contributed by atoms with Crippen LogP contribution in [0, 0.1) is 0 Å². The summed E-state index contributed by atoms with van der Waals surface area (Å²) in [7, 11) is 1.64. The SMILES string of the molecule is CCNC(c1ccccc1Cl)c1ccc(Cl)cc1OC. The minimum atomic E-state index is -0.0269. The minimum absolute atomic E-state index is 0.0269. The number of hydrogen-bond donors (Lipinski definition) is 1. The van der Waals surface area contributed by atoms with Gasteiger partial charge in [-0.2, -0.15) is 0 Å². The highest BCUT2D eigenvalue weighted by Crippen LogP contribution is 2.34. The summed E-state index contributed by atoms with van der Waals surface area (Å²) in [6.07, 6.45) is 0. The lowest BCUT2D eigenvalue weighted by Gasteiger charge is -2.22. The van der Waals surface area contributed by atoms with Crippen molar-refractivity contribution in [1.82, 2.24) is 5.32 Å².